The van der Waals surface area contributed by atoms with Gasteiger partial charge < -0.3 is 15.4 Å². The van der Waals surface area contributed by atoms with Crippen LogP contribution in [0.15, 0.2) is 23.4 Å². The number of imidazole rings is 1. The van der Waals surface area contributed by atoms with Crippen molar-refractivity contribution in [3.05, 3.63) is 23.5 Å². The molecule has 3 N–H and O–H groups in total. The van der Waals surface area contributed by atoms with E-state index in [1.807, 2.05) is 6.92 Å². The molecule has 11 nitrogen and oxygen atoms in total. The number of hydrogen-bond donors (Lipinski definition) is 2. The van der Waals surface area contributed by atoms with E-state index in [0.717, 1.165) is 12.8 Å². The van der Waals surface area contributed by atoms with Crippen molar-refractivity contribution in [2.45, 2.75) is 55.8 Å². The lowest BCUT2D eigenvalue weighted by Crippen LogP contribution is -2.51. The fraction of sp³-hybridized carbons (Fsp3) is 0.500. The Morgan fingerprint density at radius 3 is 2.71 bits per heavy atom. The number of fused-ring (bicyclic) bond motifs is 1. The maximum atomic E-state index is 13.3. The highest BCUT2D eigenvalue weighted by molar-refractivity contribution is 7.89. The number of aromatic nitrogens is 4. The van der Waals surface area contributed by atoms with Crippen LogP contribution in [-0.4, -0.2) is 64.7 Å². The number of sulfonamides is 1. The van der Waals surface area contributed by atoms with Crippen LogP contribution in [0.3, 0.4) is 0 Å². The lowest BCUT2D eigenvalue weighted by Gasteiger charge is -2.37. The molecule has 0 unspecified atom stereocenters. The van der Waals surface area contributed by atoms with Gasteiger partial charge in [0.05, 0.1) is 24.5 Å². The summed E-state index contributed by atoms with van der Waals surface area (Å²) in [7, 11) is -3.94. The highest BCUT2D eigenvalue weighted by atomic mass is 32.2. The number of nitrogens with zero attached hydrogens (tertiary/aromatic N) is 5. The molecule has 2 aliphatic rings. The largest absolute Gasteiger partial charge is 0.367 e. The Morgan fingerprint density at radius 1 is 1.34 bits per heavy atom. The Morgan fingerprint density at radius 2 is 2.09 bits per heavy atom. The molecule has 1 saturated heterocycles. The number of alkyl halides is 2. The normalized spacial score (nSPS) is 22.1. The van der Waals surface area contributed by atoms with Crippen LogP contribution < -0.4 is 15.4 Å². The minimum atomic E-state index is -3.94. The van der Waals surface area contributed by atoms with Crippen LogP contribution in [0, 0.1) is 0 Å². The van der Waals surface area contributed by atoms with Gasteiger partial charge in [0.1, 0.15) is 10.6 Å². The number of carbonyl (C=O) groups excluding carboxylic acids is 1. The molecular weight excluding hydrogens is 504 g/mol. The second-order valence-corrected chi connectivity index (χ2v) is 11.7. The van der Waals surface area contributed by atoms with E-state index in [1.54, 1.807) is 11.8 Å². The first-order valence-electron chi connectivity index (χ1n) is 10.8. The molecule has 1 saturated carbocycles. The standard InChI is InChI=1S/C20H23F2N7O4S2/c1-10-7-28(9-14(33-10)16(23)30)12-5-11(35(31,32)27-20(2)3-4-20)8-29-13(6-24-17(12)29)18-25-26-19(34-18)15(21)22/h5-6,8,10,14-15,27H,3-4,7,9H2,1-2H3,(H2,23,30)/t10-,14+/m0/s1. The van der Waals surface area contributed by atoms with Crippen LogP contribution >= 0.6 is 11.3 Å². The smallest absolute Gasteiger partial charge is 0.291 e. The molecule has 1 aliphatic heterocycles. The van der Waals surface area contributed by atoms with Crippen molar-refractivity contribution in [1.82, 2.24) is 24.3 Å². The molecule has 1 amide bonds. The number of morpholine rings is 1. The summed E-state index contributed by atoms with van der Waals surface area (Å²) in [5.74, 6) is -0.637. The molecule has 3 aromatic heterocycles. The molecule has 4 heterocycles. The van der Waals surface area contributed by atoms with E-state index in [2.05, 4.69) is 19.9 Å². The minimum absolute atomic E-state index is 0.0410. The molecule has 0 bridgehead atoms. The first-order chi connectivity index (χ1) is 16.5. The molecule has 1 aliphatic carbocycles. The third-order valence-electron chi connectivity index (χ3n) is 6.02. The Labute approximate surface area is 203 Å². The fourth-order valence-corrected chi connectivity index (χ4v) is 6.17. The Kier molecular flexibility index (Phi) is 5.77. The first kappa shape index (κ1) is 24.0. The number of halogens is 2. The van der Waals surface area contributed by atoms with Gasteiger partial charge in [-0.3, -0.25) is 9.20 Å². The summed E-state index contributed by atoms with van der Waals surface area (Å²) in [6.07, 6.45) is 0.214. The molecule has 188 valence electrons. The minimum Gasteiger partial charge on any atom is -0.367 e. The Hall–Kier alpha value is -2.75. The molecule has 3 aromatic rings. The molecular formula is C20H23F2N7O4S2. The van der Waals surface area contributed by atoms with Crippen molar-refractivity contribution in [3.8, 4) is 10.7 Å². The third kappa shape index (κ3) is 4.60. The van der Waals surface area contributed by atoms with Crippen LogP contribution in [0.2, 0.25) is 0 Å². The van der Waals surface area contributed by atoms with Gasteiger partial charge in [0.25, 0.3) is 6.43 Å². The molecule has 2 fully saturated rings. The third-order valence-corrected chi connectivity index (χ3v) is 8.58. The fourth-order valence-electron chi connectivity index (χ4n) is 3.99. The number of nitrogens with one attached hydrogen (secondary N) is 1. The molecule has 15 heteroatoms. The van der Waals surface area contributed by atoms with Gasteiger partial charge in [0, 0.05) is 18.3 Å². The highest BCUT2D eigenvalue weighted by Crippen LogP contribution is 2.38. The van der Waals surface area contributed by atoms with Gasteiger partial charge in [-0.05, 0) is 32.8 Å². The SMILES string of the molecule is C[C@H]1CN(c2cc(S(=O)(=O)NC3(C)CC3)cn3c(-c4nnc(C(F)F)s4)cnc23)C[C@H](C(N)=O)O1. The van der Waals surface area contributed by atoms with Gasteiger partial charge in [0.2, 0.25) is 15.9 Å². The van der Waals surface area contributed by atoms with Gasteiger partial charge in [-0.25, -0.2) is 26.9 Å². The Bertz CT molecular complexity index is 1400. The Balaban J connectivity index is 1.66. The average Bonchev–Trinajstić information content (AvgIpc) is 3.17. The van der Waals surface area contributed by atoms with Gasteiger partial charge in [-0.1, -0.05) is 11.3 Å². The van der Waals surface area contributed by atoms with E-state index in [4.69, 9.17) is 10.5 Å². The number of nitrogens with two attached hydrogens (primary N) is 1. The number of amides is 1. The van der Waals surface area contributed by atoms with Gasteiger partial charge in [0.15, 0.2) is 21.8 Å². The number of carbonyl (C=O) groups is 1. The zero-order valence-electron chi connectivity index (χ0n) is 18.8. The van der Waals surface area contributed by atoms with Gasteiger partial charge in [-0.15, -0.1) is 10.2 Å². The van der Waals surface area contributed by atoms with E-state index >= 15 is 0 Å². The van der Waals surface area contributed by atoms with Crippen molar-refractivity contribution >= 4 is 38.6 Å². The summed E-state index contributed by atoms with van der Waals surface area (Å²) in [4.78, 5) is 18.0. The van der Waals surface area contributed by atoms with Crippen LogP contribution in [0.4, 0.5) is 14.5 Å². The topological polar surface area (TPSA) is 145 Å². The first-order valence-corrected chi connectivity index (χ1v) is 13.1. The van der Waals surface area contributed by atoms with Crippen molar-refractivity contribution < 1.29 is 26.7 Å². The van der Waals surface area contributed by atoms with Crippen molar-refractivity contribution in [3.63, 3.8) is 0 Å². The average molecular weight is 528 g/mol. The zero-order chi connectivity index (χ0) is 25.1. The van der Waals surface area contributed by atoms with E-state index in [1.165, 1.54) is 22.9 Å². The van der Waals surface area contributed by atoms with E-state index in [9.17, 15) is 22.0 Å². The number of rotatable bonds is 7. The second-order valence-electron chi connectivity index (χ2n) is 9.05. The van der Waals surface area contributed by atoms with Crippen LogP contribution in [0.1, 0.15) is 38.1 Å². The van der Waals surface area contributed by atoms with Crippen molar-refractivity contribution in [2.24, 2.45) is 5.73 Å². The summed E-state index contributed by atoms with van der Waals surface area (Å²) in [6.45, 7) is 4.05. The summed E-state index contributed by atoms with van der Waals surface area (Å²) in [5.41, 5.74) is 6.07. The monoisotopic (exact) mass is 527 g/mol. The molecule has 35 heavy (non-hydrogen) atoms. The quantitative estimate of drug-likeness (QED) is 0.472. The van der Waals surface area contributed by atoms with Crippen molar-refractivity contribution in [2.75, 3.05) is 18.0 Å². The number of pyridine rings is 1. The molecule has 0 spiro atoms. The van der Waals surface area contributed by atoms with Gasteiger partial charge in [-0.2, -0.15) is 0 Å². The van der Waals surface area contributed by atoms with Crippen LogP contribution in [-0.2, 0) is 19.6 Å². The van der Waals surface area contributed by atoms with Crippen LogP contribution in [0.5, 0.6) is 0 Å². The maximum Gasteiger partial charge on any atom is 0.291 e. The maximum absolute atomic E-state index is 13.3. The van der Waals surface area contributed by atoms with E-state index < -0.39 is 39.0 Å². The summed E-state index contributed by atoms with van der Waals surface area (Å²) in [6, 6.07) is 1.49. The molecule has 0 radical (unpaired) electrons. The van der Waals surface area contributed by atoms with Gasteiger partial charge >= 0.3 is 0 Å². The molecule has 0 aromatic carbocycles. The molecule has 5 rings (SSSR count). The second kappa shape index (κ2) is 8.43. The lowest BCUT2D eigenvalue weighted by atomic mass is 10.2. The number of anilines is 1. The molecule has 2 atom stereocenters. The summed E-state index contributed by atoms with van der Waals surface area (Å²) in [5, 5.41) is 7.09. The van der Waals surface area contributed by atoms with E-state index in [0.29, 0.717) is 34.9 Å². The predicted molar refractivity (Wildman–Crippen MR) is 123 cm³/mol. The predicted octanol–water partition coefficient (Wildman–Crippen LogP) is 1.70. The number of hydrogen-bond acceptors (Lipinski definition) is 9. The van der Waals surface area contributed by atoms with E-state index in [-0.39, 0.29) is 22.6 Å². The lowest BCUT2D eigenvalue weighted by molar-refractivity contribution is -0.133. The highest BCUT2D eigenvalue weighted by Gasteiger charge is 2.42. The number of ether oxygens (including phenoxy) is 1. The summed E-state index contributed by atoms with van der Waals surface area (Å²) >= 11 is 0.700. The summed E-state index contributed by atoms with van der Waals surface area (Å²) < 4.78 is 62.6. The van der Waals surface area contributed by atoms with Crippen molar-refractivity contribution in [1.29, 1.82) is 0 Å². The number of primary amides is 1. The van der Waals surface area contributed by atoms with Crippen LogP contribution in [0.25, 0.3) is 16.3 Å². The zero-order valence-corrected chi connectivity index (χ0v) is 20.4.